The van der Waals surface area contributed by atoms with Gasteiger partial charge in [0, 0.05) is 26.0 Å². The molecule has 0 unspecified atom stereocenters. The molecule has 0 spiro atoms. The van der Waals surface area contributed by atoms with E-state index in [1.165, 1.54) is 23.1 Å². The lowest BCUT2D eigenvalue weighted by Crippen LogP contribution is -2.28. The summed E-state index contributed by atoms with van der Waals surface area (Å²) in [7, 11) is 1.65. The first-order valence-corrected chi connectivity index (χ1v) is 6.03. The summed E-state index contributed by atoms with van der Waals surface area (Å²) in [5.41, 5.74) is 3.37. The Labute approximate surface area is 116 Å². The summed E-state index contributed by atoms with van der Waals surface area (Å²) in [5.74, 6) is 4.40. The van der Waals surface area contributed by atoms with Gasteiger partial charge in [-0.3, -0.25) is 15.6 Å². The molecule has 2 rings (SSSR count). The lowest BCUT2D eigenvalue weighted by Gasteiger charge is -2.19. The van der Waals surface area contributed by atoms with Crippen molar-refractivity contribution in [1.29, 1.82) is 0 Å². The molecule has 0 saturated carbocycles. The molecule has 1 amide bonds. The Kier molecular flexibility index (Phi) is 4.27. The van der Waals surface area contributed by atoms with E-state index in [0.29, 0.717) is 6.54 Å². The summed E-state index contributed by atoms with van der Waals surface area (Å²) in [6.45, 7) is 0.405. The molecule has 0 bridgehead atoms. The second-order valence-corrected chi connectivity index (χ2v) is 4.32. The topological polar surface area (TPSA) is 71.2 Å². The number of benzene rings is 1. The van der Waals surface area contributed by atoms with Crippen molar-refractivity contribution in [2.75, 3.05) is 12.5 Å². The van der Waals surface area contributed by atoms with Crippen LogP contribution in [0.25, 0.3) is 0 Å². The molecule has 0 aliphatic heterocycles. The Morgan fingerprint density at radius 1 is 1.35 bits per heavy atom. The molecule has 0 aliphatic carbocycles. The van der Waals surface area contributed by atoms with E-state index in [2.05, 4.69) is 10.4 Å². The quantitative estimate of drug-likeness (QED) is 0.658. The number of amides is 1. The monoisotopic (exact) mass is 274 g/mol. The number of pyridine rings is 1. The minimum atomic E-state index is -0.560. The van der Waals surface area contributed by atoms with Gasteiger partial charge in [0.25, 0.3) is 5.91 Å². The number of carbonyl (C=O) groups excluding carboxylic acids is 1. The number of anilines is 1. The first kappa shape index (κ1) is 14.0. The summed E-state index contributed by atoms with van der Waals surface area (Å²) in [4.78, 5) is 17.7. The fraction of sp³-hybridized carbons (Fsp3) is 0.143. The third-order valence-corrected chi connectivity index (χ3v) is 2.90. The van der Waals surface area contributed by atoms with Crippen molar-refractivity contribution in [1.82, 2.24) is 9.88 Å². The van der Waals surface area contributed by atoms with Gasteiger partial charge in [-0.2, -0.15) is 0 Å². The normalized spacial score (nSPS) is 10.2. The summed E-state index contributed by atoms with van der Waals surface area (Å²) >= 11 is 0. The highest BCUT2D eigenvalue weighted by atomic mass is 19.1. The van der Waals surface area contributed by atoms with Crippen molar-refractivity contribution in [2.45, 2.75) is 6.54 Å². The molecule has 5 nitrogen and oxygen atoms in total. The molecular formula is C14H15FN4O. The molecule has 0 fully saturated rings. The van der Waals surface area contributed by atoms with Crippen LogP contribution in [0.15, 0.2) is 42.7 Å². The smallest absolute Gasteiger partial charge is 0.256 e. The zero-order chi connectivity index (χ0) is 14.5. The number of rotatable bonds is 4. The molecule has 0 atom stereocenters. The number of aromatic nitrogens is 1. The van der Waals surface area contributed by atoms with E-state index in [9.17, 15) is 9.18 Å². The molecule has 1 aromatic heterocycles. The SMILES string of the molecule is CN(Cc1ccncc1)C(=O)c1cccc(F)c1NN. The fourth-order valence-corrected chi connectivity index (χ4v) is 1.89. The third kappa shape index (κ3) is 2.92. The molecule has 2 aromatic rings. The van der Waals surface area contributed by atoms with Crippen molar-refractivity contribution in [2.24, 2.45) is 5.84 Å². The molecule has 20 heavy (non-hydrogen) atoms. The molecule has 1 heterocycles. The van der Waals surface area contributed by atoms with E-state index in [-0.39, 0.29) is 17.2 Å². The number of hydrogen-bond acceptors (Lipinski definition) is 4. The van der Waals surface area contributed by atoms with E-state index in [4.69, 9.17) is 5.84 Å². The number of nitrogens with zero attached hydrogens (tertiary/aromatic N) is 2. The van der Waals surface area contributed by atoms with Crippen LogP contribution in [-0.4, -0.2) is 22.8 Å². The average molecular weight is 274 g/mol. The zero-order valence-corrected chi connectivity index (χ0v) is 11.0. The maximum Gasteiger partial charge on any atom is 0.256 e. The summed E-state index contributed by atoms with van der Waals surface area (Å²) < 4.78 is 13.6. The van der Waals surface area contributed by atoms with Crippen LogP contribution in [0, 0.1) is 5.82 Å². The van der Waals surface area contributed by atoms with Crippen LogP contribution in [-0.2, 0) is 6.54 Å². The lowest BCUT2D eigenvalue weighted by molar-refractivity contribution is 0.0785. The van der Waals surface area contributed by atoms with Crippen LogP contribution in [0.5, 0.6) is 0 Å². The Morgan fingerprint density at radius 3 is 2.70 bits per heavy atom. The van der Waals surface area contributed by atoms with Gasteiger partial charge < -0.3 is 10.3 Å². The molecule has 0 radical (unpaired) electrons. The van der Waals surface area contributed by atoms with E-state index in [1.807, 2.05) is 12.1 Å². The van der Waals surface area contributed by atoms with Crippen LogP contribution < -0.4 is 11.3 Å². The molecule has 104 valence electrons. The minimum Gasteiger partial charge on any atom is -0.337 e. The molecule has 1 aromatic carbocycles. The second-order valence-electron chi connectivity index (χ2n) is 4.32. The van der Waals surface area contributed by atoms with Crippen LogP contribution in [0.3, 0.4) is 0 Å². The van der Waals surface area contributed by atoms with Gasteiger partial charge in [0.1, 0.15) is 5.82 Å². The Balaban J connectivity index is 2.21. The summed E-state index contributed by atoms with van der Waals surface area (Å²) in [6, 6.07) is 7.89. The van der Waals surface area contributed by atoms with E-state index >= 15 is 0 Å². The van der Waals surface area contributed by atoms with Crippen LogP contribution in [0.4, 0.5) is 10.1 Å². The maximum atomic E-state index is 13.6. The maximum absolute atomic E-state index is 13.6. The minimum absolute atomic E-state index is 0.000853. The molecule has 3 N–H and O–H groups in total. The molecule has 0 saturated heterocycles. The highest BCUT2D eigenvalue weighted by molar-refractivity contribution is 5.99. The zero-order valence-electron chi connectivity index (χ0n) is 11.0. The standard InChI is InChI=1S/C14H15FN4O/c1-19(9-10-5-7-17-8-6-10)14(20)11-3-2-4-12(15)13(11)18-16/h2-8,18H,9,16H2,1H3. The third-order valence-electron chi connectivity index (χ3n) is 2.90. The second kappa shape index (κ2) is 6.12. The fourth-order valence-electron chi connectivity index (χ4n) is 1.89. The first-order chi connectivity index (χ1) is 9.63. The van der Waals surface area contributed by atoms with Crippen molar-refractivity contribution in [3.05, 3.63) is 59.7 Å². The number of nitrogen functional groups attached to an aromatic ring is 1. The number of hydrazine groups is 1. The van der Waals surface area contributed by atoms with Gasteiger partial charge in [-0.1, -0.05) is 6.07 Å². The highest BCUT2D eigenvalue weighted by Gasteiger charge is 2.18. The van der Waals surface area contributed by atoms with Gasteiger partial charge in [-0.15, -0.1) is 0 Å². The van der Waals surface area contributed by atoms with E-state index in [1.54, 1.807) is 19.4 Å². The van der Waals surface area contributed by atoms with Gasteiger partial charge in [-0.25, -0.2) is 4.39 Å². The van der Waals surface area contributed by atoms with E-state index in [0.717, 1.165) is 5.56 Å². The van der Waals surface area contributed by atoms with Gasteiger partial charge in [0.05, 0.1) is 11.3 Å². The predicted octanol–water partition coefficient (Wildman–Crippen LogP) is 1.78. The Hall–Kier alpha value is -2.47. The number of nitrogens with one attached hydrogen (secondary N) is 1. The average Bonchev–Trinajstić information content (AvgIpc) is 2.47. The van der Waals surface area contributed by atoms with Gasteiger partial charge in [-0.05, 0) is 29.8 Å². The number of carbonyl (C=O) groups is 1. The molecule has 0 aliphatic rings. The summed E-state index contributed by atoms with van der Waals surface area (Å²) in [6.07, 6.45) is 3.31. The predicted molar refractivity (Wildman–Crippen MR) is 74.2 cm³/mol. The molecular weight excluding hydrogens is 259 g/mol. The number of nitrogens with two attached hydrogens (primary N) is 1. The number of hydrogen-bond donors (Lipinski definition) is 2. The largest absolute Gasteiger partial charge is 0.337 e. The van der Waals surface area contributed by atoms with Crippen LogP contribution >= 0.6 is 0 Å². The van der Waals surface area contributed by atoms with Gasteiger partial charge >= 0.3 is 0 Å². The van der Waals surface area contributed by atoms with Crippen LogP contribution in [0.2, 0.25) is 0 Å². The van der Waals surface area contributed by atoms with Crippen molar-refractivity contribution < 1.29 is 9.18 Å². The lowest BCUT2D eigenvalue weighted by atomic mass is 10.1. The van der Waals surface area contributed by atoms with Crippen molar-refractivity contribution >= 4 is 11.6 Å². The van der Waals surface area contributed by atoms with E-state index < -0.39 is 5.82 Å². The molecule has 6 heteroatoms. The Bertz CT molecular complexity index is 603. The van der Waals surface area contributed by atoms with Crippen molar-refractivity contribution in [3.8, 4) is 0 Å². The van der Waals surface area contributed by atoms with Crippen molar-refractivity contribution in [3.63, 3.8) is 0 Å². The number of halogens is 1. The van der Waals surface area contributed by atoms with Crippen LogP contribution in [0.1, 0.15) is 15.9 Å². The van der Waals surface area contributed by atoms with Gasteiger partial charge in [0.15, 0.2) is 0 Å². The summed E-state index contributed by atoms with van der Waals surface area (Å²) in [5, 5.41) is 0. The highest BCUT2D eigenvalue weighted by Crippen LogP contribution is 2.20. The number of para-hydroxylation sites is 1. The Morgan fingerprint density at radius 2 is 2.05 bits per heavy atom. The first-order valence-electron chi connectivity index (χ1n) is 6.03. The van der Waals surface area contributed by atoms with Gasteiger partial charge in [0.2, 0.25) is 0 Å².